The van der Waals surface area contributed by atoms with Crippen molar-refractivity contribution < 1.29 is 12.8 Å². The van der Waals surface area contributed by atoms with Gasteiger partial charge in [0.2, 0.25) is 0 Å². The molecule has 0 radical (unpaired) electrons. The molecule has 0 aliphatic heterocycles. The van der Waals surface area contributed by atoms with Gasteiger partial charge in [0.1, 0.15) is 5.82 Å². The topological polar surface area (TPSA) is 49.7 Å². The van der Waals surface area contributed by atoms with Crippen molar-refractivity contribution in [3.63, 3.8) is 0 Å². The fraction of sp³-hybridized carbons (Fsp3) is 0.133. The molecule has 122 valence electrons. The number of hydrogen-bond acceptors (Lipinski definition) is 3. The zero-order chi connectivity index (χ0) is 17.2. The summed E-state index contributed by atoms with van der Waals surface area (Å²) in [5, 5.41) is 3.43. The molecule has 0 aliphatic rings. The van der Waals surface area contributed by atoms with Crippen LogP contribution >= 0.6 is 23.2 Å². The molecule has 8 heteroatoms. The quantitative estimate of drug-likeness (QED) is 0.599. The van der Waals surface area contributed by atoms with E-state index in [9.17, 15) is 12.8 Å². The summed E-state index contributed by atoms with van der Waals surface area (Å²) in [7, 11) is -2.67. The van der Waals surface area contributed by atoms with Gasteiger partial charge in [-0.15, -0.1) is 5.10 Å². The van der Waals surface area contributed by atoms with Gasteiger partial charge in [-0.1, -0.05) is 47.0 Å². The van der Waals surface area contributed by atoms with Gasteiger partial charge in [0, 0.05) is 7.05 Å². The summed E-state index contributed by atoms with van der Waals surface area (Å²) >= 11 is 11.8. The minimum absolute atomic E-state index is 0.0416. The number of benzene rings is 2. The smallest absolute Gasteiger partial charge is 0.206 e. The third-order valence-electron chi connectivity index (χ3n) is 3.06. The first kappa shape index (κ1) is 17.7. The average molecular weight is 375 g/mol. The van der Waals surface area contributed by atoms with Crippen LogP contribution in [0.4, 0.5) is 4.39 Å². The highest BCUT2D eigenvalue weighted by Gasteiger charge is 2.21. The summed E-state index contributed by atoms with van der Waals surface area (Å²) in [5.41, 5.74) is 0.771. The zero-order valence-corrected chi connectivity index (χ0v) is 14.6. The lowest BCUT2D eigenvalue weighted by molar-refractivity contribution is 0.490. The van der Waals surface area contributed by atoms with Crippen molar-refractivity contribution in [3.05, 3.63) is 64.4 Å². The highest BCUT2D eigenvalue weighted by molar-refractivity contribution is 7.89. The fourth-order valence-corrected chi connectivity index (χ4v) is 3.41. The lowest BCUT2D eigenvalue weighted by Crippen LogP contribution is -2.23. The summed E-state index contributed by atoms with van der Waals surface area (Å²) in [4.78, 5) is 0.0541. The van der Waals surface area contributed by atoms with Gasteiger partial charge in [-0.05, 0) is 31.2 Å². The molecule has 2 aromatic carbocycles. The maximum Gasteiger partial charge on any atom is 0.278 e. The van der Waals surface area contributed by atoms with Gasteiger partial charge in [0.05, 0.1) is 15.5 Å². The minimum Gasteiger partial charge on any atom is -0.206 e. The second-order valence-electron chi connectivity index (χ2n) is 4.74. The molecule has 23 heavy (non-hydrogen) atoms. The monoisotopic (exact) mass is 374 g/mol. The standard InChI is InChI=1S/C15H13Cl2FN2O2S/c1-10-6-8-11(9-7-10)23(21,22)20(2)19-15(17)14-12(16)4-3-5-13(14)18/h3-9H,1-2H3. The molecule has 2 rings (SSSR count). The lowest BCUT2D eigenvalue weighted by atomic mass is 10.2. The van der Waals surface area contributed by atoms with Gasteiger partial charge in [-0.2, -0.15) is 12.8 Å². The maximum absolute atomic E-state index is 13.8. The molecule has 0 aromatic heterocycles. The predicted octanol–water partition coefficient (Wildman–Crippen LogP) is 4.01. The first-order valence-electron chi connectivity index (χ1n) is 6.47. The summed E-state index contributed by atoms with van der Waals surface area (Å²) < 4.78 is 39.3. The van der Waals surface area contributed by atoms with E-state index in [1.54, 1.807) is 12.1 Å². The summed E-state index contributed by atoms with van der Waals surface area (Å²) in [6.07, 6.45) is 0. The highest BCUT2D eigenvalue weighted by Crippen LogP contribution is 2.23. The summed E-state index contributed by atoms with van der Waals surface area (Å²) in [6, 6.07) is 10.3. The Labute approximate surface area is 144 Å². The van der Waals surface area contributed by atoms with Crippen LogP contribution in [0.5, 0.6) is 0 Å². The molecule has 0 amide bonds. The van der Waals surface area contributed by atoms with Crippen molar-refractivity contribution >= 4 is 38.4 Å². The highest BCUT2D eigenvalue weighted by atomic mass is 35.5. The third kappa shape index (κ3) is 3.83. The van der Waals surface area contributed by atoms with Crippen molar-refractivity contribution in [2.45, 2.75) is 11.8 Å². The molecular formula is C15H13Cl2FN2O2S. The van der Waals surface area contributed by atoms with E-state index in [4.69, 9.17) is 23.2 Å². The van der Waals surface area contributed by atoms with Gasteiger partial charge >= 0.3 is 0 Å². The van der Waals surface area contributed by atoms with Crippen LogP contribution in [-0.4, -0.2) is 25.1 Å². The first-order chi connectivity index (χ1) is 10.7. The molecule has 0 bridgehead atoms. The van der Waals surface area contributed by atoms with Crippen molar-refractivity contribution in [3.8, 4) is 0 Å². The van der Waals surface area contributed by atoms with Gasteiger partial charge in [0.25, 0.3) is 10.0 Å². The van der Waals surface area contributed by atoms with E-state index in [0.29, 0.717) is 4.41 Å². The summed E-state index contributed by atoms with van der Waals surface area (Å²) in [5.74, 6) is -0.688. The molecule has 0 fully saturated rings. The number of sulfonamides is 1. The van der Waals surface area contributed by atoms with Crippen LogP contribution in [0.3, 0.4) is 0 Å². The van der Waals surface area contributed by atoms with E-state index >= 15 is 0 Å². The van der Waals surface area contributed by atoms with E-state index in [1.807, 2.05) is 6.92 Å². The molecule has 0 N–H and O–H groups in total. The van der Waals surface area contributed by atoms with Gasteiger partial charge in [-0.25, -0.2) is 4.39 Å². The molecule has 2 aromatic rings. The number of hydrazone groups is 1. The van der Waals surface area contributed by atoms with Crippen molar-refractivity contribution in [2.24, 2.45) is 5.10 Å². The molecule has 0 atom stereocenters. The molecule has 0 spiro atoms. The first-order valence-corrected chi connectivity index (χ1v) is 8.67. The van der Waals surface area contributed by atoms with Crippen LogP contribution in [0.25, 0.3) is 0 Å². The Kier molecular flexibility index (Phi) is 5.29. The Morgan fingerprint density at radius 1 is 1.17 bits per heavy atom. The third-order valence-corrected chi connectivity index (χ3v) is 5.29. The van der Waals surface area contributed by atoms with E-state index < -0.39 is 15.8 Å². The van der Waals surface area contributed by atoms with E-state index in [2.05, 4.69) is 5.10 Å². The lowest BCUT2D eigenvalue weighted by Gasteiger charge is -2.15. The Morgan fingerprint density at radius 3 is 2.35 bits per heavy atom. The Morgan fingerprint density at radius 2 is 1.78 bits per heavy atom. The number of aryl methyl sites for hydroxylation is 1. The molecule has 0 aliphatic carbocycles. The van der Waals surface area contributed by atoms with Crippen LogP contribution < -0.4 is 0 Å². The van der Waals surface area contributed by atoms with E-state index in [1.165, 1.54) is 31.3 Å². The van der Waals surface area contributed by atoms with E-state index in [-0.39, 0.29) is 20.7 Å². The second-order valence-corrected chi connectivity index (χ2v) is 7.46. The largest absolute Gasteiger partial charge is 0.278 e. The minimum atomic E-state index is -3.89. The van der Waals surface area contributed by atoms with Crippen molar-refractivity contribution in [2.75, 3.05) is 7.05 Å². The predicted molar refractivity (Wildman–Crippen MR) is 89.9 cm³/mol. The molecular weight excluding hydrogens is 362 g/mol. The Balaban J connectivity index is 2.40. The van der Waals surface area contributed by atoms with Crippen LogP contribution in [0, 0.1) is 12.7 Å². The van der Waals surface area contributed by atoms with Gasteiger partial charge in [-0.3, -0.25) is 0 Å². The van der Waals surface area contributed by atoms with E-state index in [0.717, 1.165) is 11.6 Å². The molecule has 0 saturated carbocycles. The van der Waals surface area contributed by atoms with Gasteiger partial charge < -0.3 is 0 Å². The van der Waals surface area contributed by atoms with Crippen LogP contribution in [0.15, 0.2) is 52.5 Å². The fourth-order valence-electron chi connectivity index (χ4n) is 1.79. The number of rotatable bonds is 4. The molecule has 0 saturated heterocycles. The van der Waals surface area contributed by atoms with Gasteiger partial charge in [0.15, 0.2) is 5.17 Å². The molecule has 4 nitrogen and oxygen atoms in total. The van der Waals surface area contributed by atoms with Crippen LogP contribution in [0.2, 0.25) is 5.02 Å². The molecule has 0 unspecified atom stereocenters. The Hall–Kier alpha value is -1.63. The molecule has 0 heterocycles. The zero-order valence-electron chi connectivity index (χ0n) is 12.3. The van der Waals surface area contributed by atoms with Crippen molar-refractivity contribution in [1.29, 1.82) is 0 Å². The number of hydrogen-bond donors (Lipinski definition) is 0. The number of halogens is 3. The van der Waals surface area contributed by atoms with Crippen LogP contribution in [0.1, 0.15) is 11.1 Å². The van der Waals surface area contributed by atoms with Crippen molar-refractivity contribution in [1.82, 2.24) is 4.41 Å². The second kappa shape index (κ2) is 6.86. The summed E-state index contributed by atoms with van der Waals surface area (Å²) in [6.45, 7) is 1.84. The SMILES string of the molecule is Cc1ccc(S(=O)(=O)N(C)N=C(Cl)c2c(F)cccc2Cl)cc1. The number of nitrogens with zero attached hydrogens (tertiary/aromatic N) is 2. The normalized spacial score (nSPS) is 12.3. The maximum atomic E-state index is 13.8. The van der Waals surface area contributed by atoms with Crippen LogP contribution in [-0.2, 0) is 10.0 Å². The Bertz CT molecular complexity index is 832. The average Bonchev–Trinajstić information content (AvgIpc) is 2.47.